The lowest BCUT2D eigenvalue weighted by molar-refractivity contribution is -0.259. The van der Waals surface area contributed by atoms with Crippen molar-refractivity contribution in [1.29, 1.82) is 0 Å². The van der Waals surface area contributed by atoms with Crippen LogP contribution in [0.15, 0.2) is 36.8 Å². The van der Waals surface area contributed by atoms with Crippen molar-refractivity contribution < 1.29 is 22.7 Å². The molecular formula is C18H15F4N3O. The topological polar surface area (TPSA) is 50.4 Å². The van der Waals surface area contributed by atoms with Gasteiger partial charge in [-0.1, -0.05) is 0 Å². The fraction of sp³-hybridized carbons (Fsp3) is 0.333. The summed E-state index contributed by atoms with van der Waals surface area (Å²) >= 11 is 0. The van der Waals surface area contributed by atoms with Gasteiger partial charge >= 0.3 is 6.18 Å². The summed E-state index contributed by atoms with van der Waals surface area (Å²) in [6.45, 7) is 0.689. The van der Waals surface area contributed by atoms with Gasteiger partial charge in [0.05, 0.1) is 11.4 Å². The van der Waals surface area contributed by atoms with Gasteiger partial charge in [0.2, 0.25) is 0 Å². The monoisotopic (exact) mass is 365 g/mol. The number of halogens is 4. The second-order valence-electron chi connectivity index (χ2n) is 6.73. The number of aromatic nitrogens is 3. The van der Waals surface area contributed by atoms with Crippen molar-refractivity contribution >= 4 is 5.65 Å². The lowest BCUT2D eigenvalue weighted by Gasteiger charge is -2.26. The van der Waals surface area contributed by atoms with Crippen LogP contribution in [0.4, 0.5) is 17.6 Å². The molecule has 0 saturated heterocycles. The van der Waals surface area contributed by atoms with Crippen LogP contribution in [-0.2, 0) is 5.60 Å². The lowest BCUT2D eigenvalue weighted by Crippen LogP contribution is -2.39. The van der Waals surface area contributed by atoms with Gasteiger partial charge in [0.25, 0.3) is 0 Å². The summed E-state index contributed by atoms with van der Waals surface area (Å²) in [6, 6.07) is 4.05. The Morgan fingerprint density at radius 1 is 1.19 bits per heavy atom. The van der Waals surface area contributed by atoms with E-state index in [0.29, 0.717) is 23.8 Å². The van der Waals surface area contributed by atoms with E-state index in [4.69, 9.17) is 0 Å². The van der Waals surface area contributed by atoms with Crippen molar-refractivity contribution in [1.82, 2.24) is 14.4 Å². The summed E-state index contributed by atoms with van der Waals surface area (Å²) in [5, 5.41) is 9.92. The largest absolute Gasteiger partial charge is 0.421 e. The molecule has 26 heavy (non-hydrogen) atoms. The average Bonchev–Trinajstić information content (AvgIpc) is 3.34. The first-order valence-corrected chi connectivity index (χ1v) is 8.11. The minimum absolute atomic E-state index is 0.175. The van der Waals surface area contributed by atoms with Crippen LogP contribution >= 0.6 is 0 Å². The normalized spacial score (nSPS) is 17.5. The summed E-state index contributed by atoms with van der Waals surface area (Å²) in [5.41, 5.74) is -1.31. The number of alkyl halides is 3. The van der Waals surface area contributed by atoms with E-state index >= 15 is 0 Å². The molecule has 3 aromatic rings. The van der Waals surface area contributed by atoms with E-state index in [1.807, 2.05) is 0 Å². The van der Waals surface area contributed by atoms with E-state index in [-0.39, 0.29) is 11.5 Å². The third kappa shape index (κ3) is 2.65. The SMILES string of the molecule is CC(O)(c1cncc(-c2nc3ccc(F)cn3c2C2CC2)c1)C(F)(F)F. The van der Waals surface area contributed by atoms with Gasteiger partial charge in [-0.2, -0.15) is 13.2 Å². The third-order valence-corrected chi connectivity index (χ3v) is 4.71. The molecule has 0 spiro atoms. The van der Waals surface area contributed by atoms with Gasteiger partial charge in [0.1, 0.15) is 11.5 Å². The molecule has 1 unspecified atom stereocenters. The zero-order valence-electron chi connectivity index (χ0n) is 13.8. The number of aliphatic hydroxyl groups is 1. The minimum Gasteiger partial charge on any atom is -0.376 e. The van der Waals surface area contributed by atoms with Crippen LogP contribution in [0.3, 0.4) is 0 Å². The van der Waals surface area contributed by atoms with E-state index < -0.39 is 17.6 Å². The highest BCUT2D eigenvalue weighted by molar-refractivity contribution is 5.68. The van der Waals surface area contributed by atoms with Crippen LogP contribution in [0.5, 0.6) is 0 Å². The summed E-state index contributed by atoms with van der Waals surface area (Å²) in [6.07, 6.45) is 0.690. The molecule has 0 aliphatic heterocycles. The first kappa shape index (κ1) is 17.0. The molecule has 8 heteroatoms. The van der Waals surface area contributed by atoms with Gasteiger partial charge in [0.15, 0.2) is 5.60 Å². The highest BCUT2D eigenvalue weighted by Gasteiger charge is 2.51. The predicted molar refractivity (Wildman–Crippen MR) is 86.0 cm³/mol. The van der Waals surface area contributed by atoms with E-state index in [0.717, 1.165) is 24.7 Å². The Balaban J connectivity index is 1.89. The van der Waals surface area contributed by atoms with Gasteiger partial charge in [-0.05, 0) is 38.0 Å². The van der Waals surface area contributed by atoms with Crippen molar-refractivity contribution in [3.05, 3.63) is 53.9 Å². The molecule has 1 aliphatic carbocycles. The fourth-order valence-electron chi connectivity index (χ4n) is 3.00. The number of imidazole rings is 1. The number of rotatable bonds is 3. The maximum Gasteiger partial charge on any atom is 0.421 e. The molecule has 0 amide bonds. The van der Waals surface area contributed by atoms with Crippen LogP contribution in [0.1, 0.15) is 36.9 Å². The summed E-state index contributed by atoms with van der Waals surface area (Å²) in [5.74, 6) is -0.246. The number of fused-ring (bicyclic) bond motifs is 1. The molecule has 0 bridgehead atoms. The molecule has 0 aromatic carbocycles. The molecule has 0 radical (unpaired) electrons. The molecular weight excluding hydrogens is 350 g/mol. The van der Waals surface area contributed by atoms with Crippen LogP contribution in [-0.4, -0.2) is 25.7 Å². The van der Waals surface area contributed by atoms with Gasteiger partial charge in [-0.25, -0.2) is 9.37 Å². The molecule has 1 fully saturated rings. The minimum atomic E-state index is -4.84. The van der Waals surface area contributed by atoms with Crippen molar-refractivity contribution in [2.24, 2.45) is 0 Å². The van der Waals surface area contributed by atoms with E-state index in [2.05, 4.69) is 9.97 Å². The van der Waals surface area contributed by atoms with Crippen LogP contribution in [0.25, 0.3) is 16.9 Å². The highest BCUT2D eigenvalue weighted by Crippen LogP contribution is 2.45. The van der Waals surface area contributed by atoms with Crippen LogP contribution in [0, 0.1) is 5.82 Å². The maximum absolute atomic E-state index is 13.6. The van der Waals surface area contributed by atoms with Crippen LogP contribution < -0.4 is 0 Å². The van der Waals surface area contributed by atoms with Crippen molar-refractivity contribution in [3.8, 4) is 11.3 Å². The van der Waals surface area contributed by atoms with Crippen molar-refractivity contribution in [2.45, 2.75) is 37.5 Å². The second kappa shape index (κ2) is 5.51. The van der Waals surface area contributed by atoms with Crippen molar-refractivity contribution in [2.75, 3.05) is 0 Å². The van der Waals surface area contributed by atoms with Gasteiger partial charge in [-0.15, -0.1) is 0 Å². The maximum atomic E-state index is 13.6. The Bertz CT molecular complexity index is 990. The number of hydrogen-bond donors (Lipinski definition) is 1. The second-order valence-corrected chi connectivity index (χ2v) is 6.73. The molecule has 3 heterocycles. The van der Waals surface area contributed by atoms with Gasteiger partial charge in [0, 0.05) is 35.6 Å². The summed E-state index contributed by atoms with van der Waals surface area (Å²) < 4.78 is 54.7. The Labute approximate surface area is 146 Å². The molecule has 4 nitrogen and oxygen atoms in total. The molecule has 136 valence electrons. The molecule has 3 aromatic heterocycles. The Morgan fingerprint density at radius 3 is 2.58 bits per heavy atom. The average molecular weight is 365 g/mol. The fourth-order valence-corrected chi connectivity index (χ4v) is 3.00. The van der Waals surface area contributed by atoms with E-state index in [1.54, 1.807) is 4.40 Å². The van der Waals surface area contributed by atoms with Gasteiger partial charge in [-0.3, -0.25) is 4.98 Å². The Kier molecular flexibility index (Phi) is 3.59. The van der Waals surface area contributed by atoms with Gasteiger partial charge < -0.3 is 9.51 Å². The third-order valence-electron chi connectivity index (χ3n) is 4.71. The number of hydrogen-bond acceptors (Lipinski definition) is 3. The Morgan fingerprint density at radius 2 is 1.92 bits per heavy atom. The Hall–Kier alpha value is -2.48. The summed E-state index contributed by atoms with van der Waals surface area (Å²) in [4.78, 5) is 8.33. The molecule has 1 atom stereocenters. The van der Waals surface area contributed by atoms with Crippen molar-refractivity contribution in [3.63, 3.8) is 0 Å². The molecule has 4 rings (SSSR count). The predicted octanol–water partition coefficient (Wildman–Crippen LogP) is 4.18. The zero-order valence-corrected chi connectivity index (χ0v) is 13.8. The first-order valence-electron chi connectivity index (χ1n) is 8.11. The molecule has 1 saturated carbocycles. The number of nitrogens with zero attached hydrogens (tertiary/aromatic N) is 3. The highest BCUT2D eigenvalue weighted by atomic mass is 19.4. The first-order chi connectivity index (χ1) is 12.2. The van der Waals surface area contributed by atoms with Crippen LogP contribution in [0.2, 0.25) is 0 Å². The van der Waals surface area contributed by atoms with E-state index in [1.165, 1.54) is 30.6 Å². The zero-order chi connectivity index (χ0) is 18.7. The quantitative estimate of drug-likeness (QED) is 0.709. The number of pyridine rings is 2. The standard InChI is InChI=1S/C18H15F4N3O/c1-17(26,18(20,21)22)12-6-11(7-23-8-12)15-16(10-2-3-10)25-9-13(19)4-5-14(25)24-15/h4-10,26H,2-3H2,1H3. The summed E-state index contributed by atoms with van der Waals surface area (Å²) in [7, 11) is 0. The van der Waals surface area contributed by atoms with E-state index in [9.17, 15) is 22.7 Å². The lowest BCUT2D eigenvalue weighted by atomic mass is 9.95. The smallest absolute Gasteiger partial charge is 0.376 e. The molecule has 1 aliphatic rings. The molecule has 1 N–H and O–H groups in total.